The van der Waals surface area contributed by atoms with Crippen molar-refractivity contribution in [1.82, 2.24) is 5.32 Å². The Labute approximate surface area is 131 Å². The molecule has 0 aliphatic heterocycles. The van der Waals surface area contributed by atoms with Crippen LogP contribution in [-0.4, -0.2) is 33.0 Å². The maximum absolute atomic E-state index is 11.9. The molecule has 0 fully saturated rings. The number of benzene rings is 1. The Hall–Kier alpha value is -1.88. The van der Waals surface area contributed by atoms with Crippen LogP contribution in [0.1, 0.15) is 0 Å². The van der Waals surface area contributed by atoms with Gasteiger partial charge in [0.25, 0.3) is 5.91 Å². The monoisotopic (exact) mass is 353 g/mol. The molecule has 0 spiro atoms. The molecule has 0 saturated heterocycles. The van der Waals surface area contributed by atoms with Gasteiger partial charge in [0.2, 0.25) is 0 Å². The molecule has 112 valence electrons. The molecule has 7 heteroatoms. The third kappa shape index (κ3) is 5.95. The minimum absolute atomic E-state index is 0.0381. The number of methoxy groups -OCH3 is 2. The number of ether oxygens (including phenoxy) is 2. The van der Waals surface area contributed by atoms with Crippen LogP contribution in [0.3, 0.4) is 0 Å². The molecule has 0 bridgehead atoms. The van der Waals surface area contributed by atoms with Crippen LogP contribution in [0, 0.1) is 11.3 Å². The van der Waals surface area contributed by atoms with Gasteiger partial charge in [0, 0.05) is 30.6 Å². The maximum atomic E-state index is 11.9. The molecule has 1 aromatic rings. The van der Waals surface area contributed by atoms with Crippen molar-refractivity contribution in [2.45, 2.75) is 6.29 Å². The van der Waals surface area contributed by atoms with Gasteiger partial charge in [-0.05, 0) is 24.3 Å². The lowest BCUT2D eigenvalue weighted by atomic mass is 10.2. The molecule has 21 heavy (non-hydrogen) atoms. The number of carbonyl (C=O) groups is 1. The Balaban J connectivity index is 2.60. The zero-order chi connectivity index (χ0) is 15.7. The molecule has 0 aliphatic carbocycles. The highest BCUT2D eigenvalue weighted by Gasteiger charge is 2.10. The minimum atomic E-state index is -0.487. The molecule has 0 aromatic heterocycles. The molecule has 6 nitrogen and oxygen atoms in total. The second-order valence-electron chi connectivity index (χ2n) is 3.94. The van der Waals surface area contributed by atoms with Gasteiger partial charge in [-0.1, -0.05) is 15.9 Å². The van der Waals surface area contributed by atoms with E-state index in [0.29, 0.717) is 12.2 Å². The Bertz CT molecular complexity index is 533. The van der Waals surface area contributed by atoms with Crippen LogP contribution in [-0.2, 0) is 14.3 Å². The number of hydrogen-bond acceptors (Lipinski definition) is 5. The van der Waals surface area contributed by atoms with Gasteiger partial charge in [0.1, 0.15) is 11.6 Å². The molecular formula is C14H16BrN3O3. The van der Waals surface area contributed by atoms with E-state index in [1.807, 2.05) is 6.07 Å². The van der Waals surface area contributed by atoms with Crippen LogP contribution < -0.4 is 10.6 Å². The number of nitriles is 1. The molecule has 2 N–H and O–H groups in total. The van der Waals surface area contributed by atoms with E-state index in [-0.39, 0.29) is 5.57 Å². The first-order valence-corrected chi connectivity index (χ1v) is 6.86. The number of hydrogen-bond donors (Lipinski definition) is 2. The zero-order valence-corrected chi connectivity index (χ0v) is 13.3. The Morgan fingerprint density at radius 1 is 1.38 bits per heavy atom. The lowest BCUT2D eigenvalue weighted by molar-refractivity contribution is -0.112. The summed E-state index contributed by atoms with van der Waals surface area (Å²) in [5.41, 5.74) is 0.569. The topological polar surface area (TPSA) is 83.4 Å². The smallest absolute Gasteiger partial charge is 0.267 e. The average Bonchev–Trinajstić information content (AvgIpc) is 2.50. The third-order valence-corrected chi connectivity index (χ3v) is 3.05. The van der Waals surface area contributed by atoms with E-state index in [4.69, 9.17) is 14.7 Å². The van der Waals surface area contributed by atoms with Crippen LogP contribution in [0.4, 0.5) is 5.69 Å². The summed E-state index contributed by atoms with van der Waals surface area (Å²) in [5.74, 6) is -0.487. The number of amides is 1. The highest BCUT2D eigenvalue weighted by molar-refractivity contribution is 9.10. The lowest BCUT2D eigenvalue weighted by Gasteiger charge is -2.12. The predicted octanol–water partition coefficient (Wildman–Crippen LogP) is 2.00. The first-order valence-electron chi connectivity index (χ1n) is 6.07. The van der Waals surface area contributed by atoms with E-state index >= 15 is 0 Å². The van der Waals surface area contributed by atoms with Crippen molar-refractivity contribution in [3.8, 4) is 6.07 Å². The van der Waals surface area contributed by atoms with Gasteiger partial charge in [-0.25, -0.2) is 0 Å². The predicted molar refractivity (Wildman–Crippen MR) is 82.3 cm³/mol. The highest BCUT2D eigenvalue weighted by atomic mass is 79.9. The van der Waals surface area contributed by atoms with Crippen molar-refractivity contribution in [2.24, 2.45) is 0 Å². The second-order valence-corrected chi connectivity index (χ2v) is 4.86. The summed E-state index contributed by atoms with van der Waals surface area (Å²) in [6, 6.07) is 8.90. The molecule has 0 unspecified atom stereocenters. The van der Waals surface area contributed by atoms with Gasteiger partial charge in [-0.3, -0.25) is 4.79 Å². The molecule has 1 rings (SSSR count). The number of halogens is 1. The molecular weight excluding hydrogens is 338 g/mol. The Kier molecular flexibility index (Phi) is 7.46. The van der Waals surface area contributed by atoms with Crippen molar-refractivity contribution in [2.75, 3.05) is 26.1 Å². The van der Waals surface area contributed by atoms with Gasteiger partial charge >= 0.3 is 0 Å². The molecule has 0 radical (unpaired) electrons. The molecule has 0 aliphatic rings. The van der Waals surface area contributed by atoms with E-state index < -0.39 is 12.2 Å². The quantitative estimate of drug-likeness (QED) is 0.445. The molecule has 0 heterocycles. The van der Waals surface area contributed by atoms with Crippen LogP contribution >= 0.6 is 15.9 Å². The maximum Gasteiger partial charge on any atom is 0.267 e. The van der Waals surface area contributed by atoms with Crippen molar-refractivity contribution in [1.29, 1.82) is 5.26 Å². The summed E-state index contributed by atoms with van der Waals surface area (Å²) in [6.45, 7) is 0.323. The fraction of sp³-hybridized carbons (Fsp3) is 0.286. The van der Waals surface area contributed by atoms with E-state index in [1.54, 1.807) is 24.3 Å². The van der Waals surface area contributed by atoms with E-state index in [0.717, 1.165) is 4.47 Å². The Morgan fingerprint density at radius 3 is 2.52 bits per heavy atom. The lowest BCUT2D eigenvalue weighted by Crippen LogP contribution is -2.27. The van der Waals surface area contributed by atoms with Gasteiger partial charge in [0.15, 0.2) is 6.29 Å². The van der Waals surface area contributed by atoms with Crippen LogP contribution in [0.5, 0.6) is 0 Å². The van der Waals surface area contributed by atoms with Crippen molar-refractivity contribution >= 4 is 27.5 Å². The Morgan fingerprint density at radius 2 is 2.00 bits per heavy atom. The summed E-state index contributed by atoms with van der Waals surface area (Å²) in [6.07, 6.45) is 0.884. The number of anilines is 1. The minimum Gasteiger partial charge on any atom is -0.385 e. The van der Waals surface area contributed by atoms with Crippen LogP contribution in [0.15, 0.2) is 40.5 Å². The van der Waals surface area contributed by atoms with Crippen molar-refractivity contribution < 1.29 is 14.3 Å². The van der Waals surface area contributed by atoms with Gasteiger partial charge in [-0.15, -0.1) is 0 Å². The largest absolute Gasteiger partial charge is 0.385 e. The number of nitrogens with zero attached hydrogens (tertiary/aromatic N) is 1. The first kappa shape index (κ1) is 17.2. The number of nitrogens with one attached hydrogen (secondary N) is 2. The fourth-order valence-corrected chi connectivity index (χ4v) is 1.66. The molecule has 0 saturated carbocycles. The first-order chi connectivity index (χ1) is 10.1. The SMILES string of the molecule is COC(CN/C=C(/C#N)C(=O)Nc1ccc(Br)cc1)OC. The van der Waals surface area contributed by atoms with Crippen molar-refractivity contribution in [3.63, 3.8) is 0 Å². The molecule has 0 atom stereocenters. The summed E-state index contributed by atoms with van der Waals surface area (Å²) < 4.78 is 10.9. The fourth-order valence-electron chi connectivity index (χ4n) is 1.40. The summed E-state index contributed by atoms with van der Waals surface area (Å²) >= 11 is 3.31. The standard InChI is InChI=1S/C14H16BrN3O3/c1-20-13(21-2)9-17-8-10(7-16)14(19)18-12-5-3-11(15)4-6-12/h3-6,8,13,17H,9H2,1-2H3,(H,18,19)/b10-8-. The highest BCUT2D eigenvalue weighted by Crippen LogP contribution is 2.14. The van der Waals surface area contributed by atoms with E-state index in [9.17, 15) is 4.79 Å². The summed E-state index contributed by atoms with van der Waals surface area (Å²) in [5, 5.41) is 14.5. The van der Waals surface area contributed by atoms with Gasteiger partial charge < -0.3 is 20.1 Å². The van der Waals surface area contributed by atoms with Gasteiger partial charge in [-0.2, -0.15) is 5.26 Å². The average molecular weight is 354 g/mol. The zero-order valence-electron chi connectivity index (χ0n) is 11.7. The van der Waals surface area contributed by atoms with Crippen LogP contribution in [0.2, 0.25) is 0 Å². The number of carbonyl (C=O) groups excluding carboxylic acids is 1. The second kappa shape index (κ2) is 9.13. The summed E-state index contributed by atoms with van der Waals surface area (Å²) in [4.78, 5) is 11.9. The van der Waals surface area contributed by atoms with E-state index in [1.165, 1.54) is 20.4 Å². The third-order valence-electron chi connectivity index (χ3n) is 2.52. The normalized spacial score (nSPS) is 11.1. The van der Waals surface area contributed by atoms with Crippen molar-refractivity contribution in [3.05, 3.63) is 40.5 Å². The van der Waals surface area contributed by atoms with E-state index in [2.05, 4.69) is 26.6 Å². The summed E-state index contributed by atoms with van der Waals surface area (Å²) in [7, 11) is 3.01. The number of rotatable bonds is 7. The van der Waals surface area contributed by atoms with Crippen LogP contribution in [0.25, 0.3) is 0 Å². The van der Waals surface area contributed by atoms with Gasteiger partial charge in [0.05, 0.1) is 6.54 Å². The molecule has 1 amide bonds. The molecule has 1 aromatic carbocycles.